The molecule has 0 amide bonds. The first-order valence-corrected chi connectivity index (χ1v) is 6.24. The highest BCUT2D eigenvalue weighted by molar-refractivity contribution is 4.85. The van der Waals surface area contributed by atoms with Crippen molar-refractivity contribution in [1.82, 2.24) is 0 Å². The molecule has 0 radical (unpaired) electrons. The summed E-state index contributed by atoms with van der Waals surface area (Å²) in [5.41, 5.74) is 6.29. The molecule has 0 spiro atoms. The summed E-state index contributed by atoms with van der Waals surface area (Å²) < 4.78 is 5.66. The van der Waals surface area contributed by atoms with Crippen LogP contribution in [0.25, 0.3) is 0 Å². The number of allylic oxidation sites excluding steroid dienone is 1. The van der Waals surface area contributed by atoms with Gasteiger partial charge < -0.3 is 10.5 Å². The average Bonchev–Trinajstić information content (AvgIpc) is 2.43. The van der Waals surface area contributed by atoms with Crippen LogP contribution in [0.3, 0.4) is 0 Å². The normalized spacial score (nSPS) is 20.9. The first-order chi connectivity index (χ1) is 7.27. The molecule has 0 heterocycles. The van der Waals surface area contributed by atoms with E-state index >= 15 is 0 Å². The minimum atomic E-state index is -0.0370. The van der Waals surface area contributed by atoms with E-state index in [1.165, 1.54) is 25.7 Å². The van der Waals surface area contributed by atoms with Crippen molar-refractivity contribution in [2.24, 2.45) is 5.73 Å². The summed E-state index contributed by atoms with van der Waals surface area (Å²) in [5, 5.41) is 0. The molecule has 1 fully saturated rings. The van der Waals surface area contributed by atoms with E-state index in [1.807, 2.05) is 6.08 Å². The van der Waals surface area contributed by atoms with Crippen LogP contribution in [-0.2, 0) is 4.74 Å². The van der Waals surface area contributed by atoms with Crippen LogP contribution in [0.15, 0.2) is 12.7 Å². The maximum atomic E-state index is 6.33. The monoisotopic (exact) mass is 211 g/mol. The van der Waals surface area contributed by atoms with Crippen molar-refractivity contribution in [3.63, 3.8) is 0 Å². The molecule has 0 aliphatic heterocycles. The average molecular weight is 211 g/mol. The molecule has 1 aliphatic carbocycles. The van der Waals surface area contributed by atoms with Gasteiger partial charge in [-0.25, -0.2) is 0 Å². The Labute approximate surface area is 93.9 Å². The van der Waals surface area contributed by atoms with Gasteiger partial charge in [0.1, 0.15) is 0 Å². The van der Waals surface area contributed by atoms with Gasteiger partial charge in [-0.1, -0.05) is 31.8 Å². The summed E-state index contributed by atoms with van der Waals surface area (Å²) in [6.45, 7) is 5.26. The fourth-order valence-electron chi connectivity index (χ4n) is 2.18. The first-order valence-electron chi connectivity index (χ1n) is 6.24. The largest absolute Gasteiger partial charge is 0.380 e. The van der Waals surface area contributed by atoms with E-state index in [4.69, 9.17) is 10.5 Å². The van der Waals surface area contributed by atoms with Crippen LogP contribution in [-0.4, -0.2) is 18.8 Å². The van der Waals surface area contributed by atoms with Crippen LogP contribution < -0.4 is 5.73 Å². The van der Waals surface area contributed by atoms with Crippen molar-refractivity contribution in [3.8, 4) is 0 Å². The molecule has 88 valence electrons. The van der Waals surface area contributed by atoms with E-state index in [-0.39, 0.29) is 5.54 Å². The number of nitrogens with two attached hydrogens (primary N) is 1. The lowest BCUT2D eigenvalue weighted by atomic mass is 9.93. The Hall–Kier alpha value is -0.340. The third kappa shape index (κ3) is 5.33. The molecule has 0 bridgehead atoms. The molecular weight excluding hydrogens is 186 g/mol. The van der Waals surface area contributed by atoms with Gasteiger partial charge in [-0.15, -0.1) is 6.58 Å². The predicted octanol–water partition coefficient (Wildman–Crippen LogP) is 3.02. The fraction of sp³-hybridized carbons (Fsp3) is 0.846. The van der Waals surface area contributed by atoms with Gasteiger partial charge in [0.25, 0.3) is 0 Å². The SMILES string of the molecule is C=CCCCOCC1(N)CCCCCC1. The topological polar surface area (TPSA) is 35.2 Å². The Morgan fingerprint density at radius 3 is 2.47 bits per heavy atom. The van der Waals surface area contributed by atoms with Crippen molar-refractivity contribution in [1.29, 1.82) is 0 Å². The van der Waals surface area contributed by atoms with Crippen molar-refractivity contribution in [2.75, 3.05) is 13.2 Å². The number of rotatable bonds is 6. The van der Waals surface area contributed by atoms with E-state index in [0.29, 0.717) is 0 Å². The van der Waals surface area contributed by atoms with Gasteiger partial charge in [0.05, 0.1) is 6.61 Å². The maximum absolute atomic E-state index is 6.33. The molecule has 2 heteroatoms. The minimum Gasteiger partial charge on any atom is -0.380 e. The van der Waals surface area contributed by atoms with Crippen LogP contribution in [0.5, 0.6) is 0 Å². The molecule has 0 atom stereocenters. The zero-order valence-corrected chi connectivity index (χ0v) is 9.84. The van der Waals surface area contributed by atoms with Gasteiger partial charge in [0.15, 0.2) is 0 Å². The maximum Gasteiger partial charge on any atom is 0.0646 e. The van der Waals surface area contributed by atoms with Crippen molar-refractivity contribution in [2.45, 2.75) is 56.9 Å². The van der Waals surface area contributed by atoms with Gasteiger partial charge in [-0.2, -0.15) is 0 Å². The Bertz CT molecular complexity index is 171. The van der Waals surface area contributed by atoms with Crippen LogP contribution in [0, 0.1) is 0 Å². The number of hydrogen-bond acceptors (Lipinski definition) is 2. The smallest absolute Gasteiger partial charge is 0.0646 e. The highest BCUT2D eigenvalue weighted by atomic mass is 16.5. The zero-order chi connectivity index (χ0) is 11.0. The van der Waals surface area contributed by atoms with E-state index in [1.54, 1.807) is 0 Å². The molecule has 15 heavy (non-hydrogen) atoms. The third-order valence-electron chi connectivity index (χ3n) is 3.19. The van der Waals surface area contributed by atoms with E-state index in [2.05, 4.69) is 6.58 Å². The van der Waals surface area contributed by atoms with Crippen LogP contribution in [0.2, 0.25) is 0 Å². The van der Waals surface area contributed by atoms with Crippen LogP contribution in [0.4, 0.5) is 0 Å². The molecule has 0 aromatic carbocycles. The summed E-state index contributed by atoms with van der Waals surface area (Å²) in [6.07, 6.45) is 11.5. The number of hydrogen-bond donors (Lipinski definition) is 1. The molecule has 0 saturated heterocycles. The fourth-order valence-corrected chi connectivity index (χ4v) is 2.18. The zero-order valence-electron chi connectivity index (χ0n) is 9.84. The van der Waals surface area contributed by atoms with Gasteiger partial charge in [-0.3, -0.25) is 0 Å². The third-order valence-corrected chi connectivity index (χ3v) is 3.19. The Kier molecular flexibility index (Phi) is 5.96. The molecule has 0 aromatic rings. The van der Waals surface area contributed by atoms with Gasteiger partial charge >= 0.3 is 0 Å². The first kappa shape index (κ1) is 12.7. The summed E-state index contributed by atoms with van der Waals surface area (Å²) in [4.78, 5) is 0. The number of unbranched alkanes of at least 4 members (excludes halogenated alkanes) is 1. The Morgan fingerprint density at radius 2 is 1.87 bits per heavy atom. The second kappa shape index (κ2) is 7.02. The van der Waals surface area contributed by atoms with Crippen molar-refractivity contribution in [3.05, 3.63) is 12.7 Å². The van der Waals surface area contributed by atoms with Gasteiger partial charge in [-0.05, 0) is 25.7 Å². The summed E-state index contributed by atoms with van der Waals surface area (Å²) in [5.74, 6) is 0. The predicted molar refractivity (Wildman–Crippen MR) is 64.9 cm³/mol. The highest BCUT2D eigenvalue weighted by Gasteiger charge is 2.26. The van der Waals surface area contributed by atoms with Crippen LogP contribution in [0.1, 0.15) is 51.4 Å². The quantitative estimate of drug-likeness (QED) is 0.416. The molecule has 1 saturated carbocycles. The lowest BCUT2D eigenvalue weighted by Crippen LogP contribution is -2.44. The van der Waals surface area contributed by atoms with Crippen LogP contribution >= 0.6 is 0 Å². The highest BCUT2D eigenvalue weighted by Crippen LogP contribution is 2.25. The molecule has 1 aliphatic rings. The summed E-state index contributed by atoms with van der Waals surface area (Å²) >= 11 is 0. The molecule has 2 nitrogen and oxygen atoms in total. The lowest BCUT2D eigenvalue weighted by molar-refractivity contribution is 0.0768. The Balaban J connectivity index is 2.13. The Morgan fingerprint density at radius 1 is 1.20 bits per heavy atom. The van der Waals surface area contributed by atoms with Crippen molar-refractivity contribution >= 4 is 0 Å². The van der Waals surface area contributed by atoms with Gasteiger partial charge in [0.2, 0.25) is 0 Å². The minimum absolute atomic E-state index is 0.0370. The molecule has 0 aromatic heterocycles. The number of ether oxygens (including phenoxy) is 1. The second-order valence-electron chi connectivity index (χ2n) is 4.76. The molecule has 2 N–H and O–H groups in total. The molecule has 0 unspecified atom stereocenters. The van der Waals surface area contributed by atoms with E-state index in [0.717, 1.165) is 38.9 Å². The summed E-state index contributed by atoms with van der Waals surface area (Å²) in [6, 6.07) is 0. The molecular formula is C13H25NO. The molecule has 1 rings (SSSR count). The standard InChI is InChI=1S/C13H25NO/c1-2-3-8-11-15-12-13(14)9-6-4-5-7-10-13/h2H,1,3-12,14H2. The summed E-state index contributed by atoms with van der Waals surface area (Å²) in [7, 11) is 0. The second-order valence-corrected chi connectivity index (χ2v) is 4.76. The van der Waals surface area contributed by atoms with Crippen molar-refractivity contribution < 1.29 is 4.74 Å². The van der Waals surface area contributed by atoms with E-state index in [9.17, 15) is 0 Å². The lowest BCUT2D eigenvalue weighted by Gasteiger charge is -2.27. The van der Waals surface area contributed by atoms with Gasteiger partial charge in [0, 0.05) is 12.1 Å². The van der Waals surface area contributed by atoms with E-state index < -0.39 is 0 Å².